The molecule has 0 unspecified atom stereocenters. The van der Waals surface area contributed by atoms with Gasteiger partial charge in [-0.2, -0.15) is 0 Å². The molecule has 0 atom stereocenters. The summed E-state index contributed by atoms with van der Waals surface area (Å²) in [6.45, 7) is 5.69. The number of rotatable bonds is 6. The van der Waals surface area contributed by atoms with Gasteiger partial charge in [-0.15, -0.1) is 0 Å². The molecule has 0 aromatic heterocycles. The fourth-order valence-electron chi connectivity index (χ4n) is 4.98. The average molecular weight is 540 g/mol. The number of nitrogens with zero attached hydrogens (tertiary/aromatic N) is 2. The average Bonchev–Trinajstić information content (AvgIpc) is 2.96. The van der Waals surface area contributed by atoms with E-state index in [9.17, 15) is 14.4 Å². The number of likely N-dealkylation sites (tertiary alicyclic amines) is 1. The normalized spacial score (nSPS) is 16.4. The fourth-order valence-corrected chi connectivity index (χ4v) is 4.98. The van der Waals surface area contributed by atoms with Crippen molar-refractivity contribution in [2.45, 2.75) is 39.3 Å². The van der Waals surface area contributed by atoms with E-state index in [-0.39, 0.29) is 29.7 Å². The Hall–Kier alpha value is -4.59. The van der Waals surface area contributed by atoms with Crippen LogP contribution in [-0.2, 0) is 16.1 Å². The van der Waals surface area contributed by atoms with Gasteiger partial charge in [-0.05, 0) is 68.2 Å². The summed E-state index contributed by atoms with van der Waals surface area (Å²) in [5.41, 5.74) is 4.17. The third kappa shape index (κ3) is 6.17. The topological polar surface area (TPSA) is 88.2 Å². The quantitative estimate of drug-likeness (QED) is 0.429. The van der Waals surface area contributed by atoms with Crippen molar-refractivity contribution in [2.24, 2.45) is 0 Å². The number of amides is 3. The molecule has 0 saturated carbocycles. The zero-order valence-corrected chi connectivity index (χ0v) is 22.8. The summed E-state index contributed by atoms with van der Waals surface area (Å²) in [5, 5.41) is 3.06. The minimum Gasteiger partial charge on any atom is -0.450 e. The first kappa shape index (κ1) is 27.0. The van der Waals surface area contributed by atoms with Gasteiger partial charge in [-0.1, -0.05) is 54.1 Å². The maximum absolute atomic E-state index is 13.5. The molecule has 0 spiro atoms. The number of ether oxygens (including phenoxy) is 2. The fraction of sp³-hybridized carbons (Fsp3) is 0.281. The van der Waals surface area contributed by atoms with Crippen molar-refractivity contribution in [2.75, 3.05) is 24.6 Å². The Balaban J connectivity index is 1.26. The van der Waals surface area contributed by atoms with Crippen molar-refractivity contribution in [1.29, 1.82) is 0 Å². The van der Waals surface area contributed by atoms with E-state index in [0.29, 0.717) is 50.4 Å². The molecule has 0 radical (unpaired) electrons. The number of nitrogens with one attached hydrogen (secondary N) is 1. The predicted octanol–water partition coefficient (Wildman–Crippen LogP) is 5.31. The number of hydrogen-bond acceptors (Lipinski definition) is 5. The van der Waals surface area contributed by atoms with Crippen LogP contribution < -0.4 is 15.0 Å². The van der Waals surface area contributed by atoms with Crippen LogP contribution in [-0.4, -0.2) is 48.5 Å². The molecule has 206 valence electrons. The van der Waals surface area contributed by atoms with Crippen LogP contribution >= 0.6 is 0 Å². The van der Waals surface area contributed by atoms with Gasteiger partial charge in [0.25, 0.3) is 11.8 Å². The number of hydrogen-bond donors (Lipinski definition) is 1. The van der Waals surface area contributed by atoms with Crippen LogP contribution in [0.3, 0.4) is 0 Å². The summed E-state index contributed by atoms with van der Waals surface area (Å²) < 4.78 is 11.1. The Morgan fingerprint density at radius 2 is 1.77 bits per heavy atom. The summed E-state index contributed by atoms with van der Waals surface area (Å²) in [6.07, 6.45) is 2.75. The lowest BCUT2D eigenvalue weighted by Crippen LogP contribution is -2.46. The van der Waals surface area contributed by atoms with E-state index in [1.807, 2.05) is 49.4 Å². The van der Waals surface area contributed by atoms with Crippen molar-refractivity contribution < 1.29 is 23.9 Å². The molecular weight excluding hydrogens is 506 g/mol. The minimum absolute atomic E-state index is 0.00677. The lowest BCUT2D eigenvalue weighted by atomic mass is 10.0. The standard InChI is InChI=1S/C32H33N3O5/c1-3-39-32(38)34-17-15-26(16-18-34)33-30(36)25-13-11-23(12-14-25)20-29-31(37)35(21-24-8-6-7-22(2)19-24)27-9-4-5-10-28(27)40-29/h4-14,19-20,26H,3,15-18,21H2,1-2H3,(H,33,36). The number of carbonyl (C=O) groups is 3. The second-order valence-corrected chi connectivity index (χ2v) is 10.0. The summed E-state index contributed by atoms with van der Waals surface area (Å²) in [7, 11) is 0. The predicted molar refractivity (Wildman–Crippen MR) is 153 cm³/mol. The maximum atomic E-state index is 13.5. The van der Waals surface area contributed by atoms with Gasteiger partial charge in [-0.25, -0.2) is 4.79 Å². The lowest BCUT2D eigenvalue weighted by molar-refractivity contribution is -0.117. The highest BCUT2D eigenvalue weighted by atomic mass is 16.6. The van der Waals surface area contributed by atoms with E-state index in [4.69, 9.17) is 9.47 Å². The van der Waals surface area contributed by atoms with Crippen molar-refractivity contribution >= 4 is 29.7 Å². The molecule has 0 aliphatic carbocycles. The third-order valence-electron chi connectivity index (χ3n) is 7.08. The van der Waals surface area contributed by atoms with Crippen LogP contribution in [0.5, 0.6) is 5.75 Å². The summed E-state index contributed by atoms with van der Waals surface area (Å²) in [4.78, 5) is 41.7. The monoisotopic (exact) mass is 539 g/mol. The molecule has 3 aromatic carbocycles. The van der Waals surface area contributed by atoms with Crippen LogP contribution in [0, 0.1) is 6.92 Å². The number of piperidine rings is 1. The number of carbonyl (C=O) groups excluding carboxylic acids is 3. The number of anilines is 1. The highest BCUT2D eigenvalue weighted by Crippen LogP contribution is 2.36. The van der Waals surface area contributed by atoms with E-state index >= 15 is 0 Å². The molecule has 3 aromatic rings. The number of fused-ring (bicyclic) bond motifs is 1. The van der Waals surface area contributed by atoms with Crippen molar-refractivity contribution in [1.82, 2.24) is 10.2 Å². The SMILES string of the molecule is CCOC(=O)N1CCC(NC(=O)c2ccc(C=C3Oc4ccccc4N(Cc4cccc(C)c4)C3=O)cc2)CC1. The maximum Gasteiger partial charge on any atom is 0.409 e. The molecule has 0 bridgehead atoms. The number of benzene rings is 3. The minimum atomic E-state index is -0.306. The van der Waals surface area contributed by atoms with E-state index in [2.05, 4.69) is 11.4 Å². The smallest absolute Gasteiger partial charge is 0.409 e. The zero-order valence-electron chi connectivity index (χ0n) is 22.8. The van der Waals surface area contributed by atoms with Crippen LogP contribution in [0.15, 0.2) is 78.6 Å². The molecule has 3 amide bonds. The lowest BCUT2D eigenvalue weighted by Gasteiger charge is -2.31. The van der Waals surface area contributed by atoms with Gasteiger partial charge in [0.15, 0.2) is 11.5 Å². The highest BCUT2D eigenvalue weighted by Gasteiger charge is 2.30. The Bertz CT molecular complexity index is 1420. The number of para-hydroxylation sites is 2. The van der Waals surface area contributed by atoms with Crippen LogP contribution in [0.2, 0.25) is 0 Å². The summed E-state index contributed by atoms with van der Waals surface area (Å²) in [5.74, 6) is 0.441. The van der Waals surface area contributed by atoms with Gasteiger partial charge in [-0.3, -0.25) is 14.5 Å². The molecule has 1 saturated heterocycles. The second-order valence-electron chi connectivity index (χ2n) is 10.0. The Labute approximate surface area is 234 Å². The molecule has 1 N–H and O–H groups in total. The van der Waals surface area contributed by atoms with Crippen molar-refractivity contribution in [3.63, 3.8) is 0 Å². The van der Waals surface area contributed by atoms with Crippen LogP contribution in [0.1, 0.15) is 46.8 Å². The van der Waals surface area contributed by atoms with E-state index in [1.54, 1.807) is 47.1 Å². The van der Waals surface area contributed by atoms with Gasteiger partial charge in [0, 0.05) is 24.7 Å². The molecule has 5 rings (SSSR count). The Kier molecular flexibility index (Phi) is 8.15. The van der Waals surface area contributed by atoms with E-state index < -0.39 is 0 Å². The molecule has 2 aliphatic rings. The molecule has 8 heteroatoms. The Morgan fingerprint density at radius 3 is 2.50 bits per heavy atom. The van der Waals surface area contributed by atoms with E-state index in [1.165, 1.54) is 0 Å². The largest absolute Gasteiger partial charge is 0.450 e. The first-order valence-electron chi connectivity index (χ1n) is 13.6. The molecule has 8 nitrogen and oxygen atoms in total. The van der Waals surface area contributed by atoms with Crippen LogP contribution in [0.25, 0.3) is 6.08 Å². The second kappa shape index (κ2) is 12.1. The van der Waals surface area contributed by atoms with Gasteiger partial charge >= 0.3 is 6.09 Å². The van der Waals surface area contributed by atoms with Crippen molar-refractivity contribution in [3.8, 4) is 5.75 Å². The zero-order chi connectivity index (χ0) is 28.1. The highest BCUT2D eigenvalue weighted by molar-refractivity contribution is 6.09. The van der Waals surface area contributed by atoms with E-state index in [0.717, 1.165) is 22.4 Å². The van der Waals surface area contributed by atoms with Crippen LogP contribution in [0.4, 0.5) is 10.5 Å². The molecule has 1 fully saturated rings. The van der Waals surface area contributed by atoms with Gasteiger partial charge in [0.2, 0.25) is 0 Å². The first-order chi connectivity index (χ1) is 19.4. The van der Waals surface area contributed by atoms with Gasteiger partial charge in [0.05, 0.1) is 18.8 Å². The van der Waals surface area contributed by atoms with Gasteiger partial charge in [0.1, 0.15) is 0 Å². The molecule has 2 aliphatic heterocycles. The molecule has 2 heterocycles. The molecule has 40 heavy (non-hydrogen) atoms. The summed E-state index contributed by atoms with van der Waals surface area (Å²) >= 11 is 0. The van der Waals surface area contributed by atoms with Crippen molar-refractivity contribution in [3.05, 3.63) is 101 Å². The Morgan fingerprint density at radius 1 is 1.02 bits per heavy atom. The third-order valence-corrected chi connectivity index (χ3v) is 7.08. The first-order valence-corrected chi connectivity index (χ1v) is 13.6. The van der Waals surface area contributed by atoms with Gasteiger partial charge < -0.3 is 19.7 Å². The molecular formula is C32H33N3O5. The summed E-state index contributed by atoms with van der Waals surface area (Å²) in [6, 6.07) is 22.7. The number of aryl methyl sites for hydroxylation is 1.